The van der Waals surface area contributed by atoms with E-state index >= 15 is 0 Å². The molecule has 3 saturated carbocycles. The molecule has 0 radical (unpaired) electrons. The predicted octanol–water partition coefficient (Wildman–Crippen LogP) is 2.95. The second-order valence-corrected chi connectivity index (χ2v) is 8.09. The number of nitrogens with zero attached hydrogens (tertiary/aromatic N) is 1. The highest BCUT2D eigenvalue weighted by atomic mass is 16.2. The molecule has 4 fully saturated rings. The Morgan fingerprint density at radius 1 is 1.05 bits per heavy atom. The van der Waals surface area contributed by atoms with Crippen LogP contribution in [0.5, 0.6) is 0 Å². The Bertz CT molecular complexity index is 392. The second-order valence-electron chi connectivity index (χ2n) is 8.09. The number of piperidine rings is 1. The molecule has 0 aromatic carbocycles. The van der Waals surface area contributed by atoms with Crippen molar-refractivity contribution >= 4 is 5.91 Å². The summed E-state index contributed by atoms with van der Waals surface area (Å²) in [5, 5.41) is 3.45. The Labute approximate surface area is 128 Å². The Balaban J connectivity index is 1.43. The molecule has 1 aliphatic heterocycles. The van der Waals surface area contributed by atoms with Crippen LogP contribution in [0, 0.1) is 17.3 Å². The lowest BCUT2D eigenvalue weighted by molar-refractivity contribution is -0.137. The molecule has 3 aliphatic carbocycles. The van der Waals surface area contributed by atoms with Crippen LogP contribution < -0.4 is 5.32 Å². The van der Waals surface area contributed by atoms with Gasteiger partial charge >= 0.3 is 0 Å². The zero-order valence-electron chi connectivity index (χ0n) is 13.3. The monoisotopic (exact) mass is 290 g/mol. The molecule has 1 atom stereocenters. The largest absolute Gasteiger partial charge is 0.339 e. The van der Waals surface area contributed by atoms with Crippen LogP contribution in [0.25, 0.3) is 0 Å². The maximum Gasteiger partial charge on any atom is 0.226 e. The number of carbonyl (C=O) groups is 1. The first kappa shape index (κ1) is 14.0. The molecule has 4 aliphatic rings. The Morgan fingerprint density at radius 2 is 1.76 bits per heavy atom. The van der Waals surface area contributed by atoms with Crippen LogP contribution in [-0.4, -0.2) is 36.5 Å². The van der Waals surface area contributed by atoms with E-state index in [-0.39, 0.29) is 0 Å². The van der Waals surface area contributed by atoms with Crippen molar-refractivity contribution in [3.63, 3.8) is 0 Å². The van der Waals surface area contributed by atoms with Crippen LogP contribution in [0.3, 0.4) is 0 Å². The first-order chi connectivity index (χ1) is 10.3. The minimum atomic E-state index is 0.375. The van der Waals surface area contributed by atoms with Gasteiger partial charge in [-0.05, 0) is 69.4 Å². The van der Waals surface area contributed by atoms with Gasteiger partial charge in [-0.15, -0.1) is 0 Å². The van der Waals surface area contributed by atoms with Gasteiger partial charge in [0.15, 0.2) is 0 Å². The highest BCUT2D eigenvalue weighted by molar-refractivity contribution is 5.83. The summed E-state index contributed by atoms with van der Waals surface area (Å²) < 4.78 is 0. The molecule has 1 unspecified atom stereocenters. The maximum atomic E-state index is 13.1. The molecule has 0 aromatic heterocycles. The quantitative estimate of drug-likeness (QED) is 0.863. The molecule has 1 spiro atoms. The van der Waals surface area contributed by atoms with E-state index in [1.165, 1.54) is 64.2 Å². The van der Waals surface area contributed by atoms with E-state index in [1.807, 2.05) is 0 Å². The molecule has 3 heteroatoms. The van der Waals surface area contributed by atoms with Gasteiger partial charge in [0.1, 0.15) is 0 Å². The van der Waals surface area contributed by atoms with Crippen LogP contribution in [0.4, 0.5) is 0 Å². The molecule has 3 nitrogen and oxygen atoms in total. The van der Waals surface area contributed by atoms with Crippen molar-refractivity contribution in [2.24, 2.45) is 17.3 Å². The van der Waals surface area contributed by atoms with Gasteiger partial charge in [0.2, 0.25) is 5.91 Å². The summed E-state index contributed by atoms with van der Waals surface area (Å²) in [5.41, 5.74) is 0.402. The molecule has 1 heterocycles. The fraction of sp³-hybridized carbons (Fsp3) is 0.944. The van der Waals surface area contributed by atoms with Gasteiger partial charge in [-0.25, -0.2) is 0 Å². The lowest BCUT2D eigenvalue weighted by atomic mass is 9.90. The predicted molar refractivity (Wildman–Crippen MR) is 84.0 cm³/mol. The van der Waals surface area contributed by atoms with E-state index in [9.17, 15) is 4.79 Å². The van der Waals surface area contributed by atoms with Crippen molar-refractivity contribution in [3.8, 4) is 0 Å². The summed E-state index contributed by atoms with van der Waals surface area (Å²) in [5.74, 6) is 1.74. The van der Waals surface area contributed by atoms with Crippen molar-refractivity contribution in [1.82, 2.24) is 10.2 Å². The molecule has 21 heavy (non-hydrogen) atoms. The summed E-state index contributed by atoms with van der Waals surface area (Å²) in [4.78, 5) is 15.5. The molecular formula is C18H30N2O. The number of carbonyl (C=O) groups excluding carboxylic acids is 1. The van der Waals surface area contributed by atoms with Gasteiger partial charge < -0.3 is 10.2 Å². The van der Waals surface area contributed by atoms with Crippen molar-refractivity contribution in [2.75, 3.05) is 19.6 Å². The fourth-order valence-corrected chi connectivity index (χ4v) is 4.76. The molecular weight excluding hydrogens is 260 g/mol. The van der Waals surface area contributed by atoms with Gasteiger partial charge in [-0.2, -0.15) is 0 Å². The normalized spacial score (nSPS) is 32.1. The number of nitrogens with one attached hydrogen (secondary N) is 1. The van der Waals surface area contributed by atoms with Crippen LogP contribution >= 0.6 is 0 Å². The minimum absolute atomic E-state index is 0.375. The smallest absolute Gasteiger partial charge is 0.226 e. The highest BCUT2D eigenvalue weighted by Crippen LogP contribution is 2.59. The van der Waals surface area contributed by atoms with Crippen molar-refractivity contribution in [1.29, 1.82) is 0 Å². The molecule has 118 valence electrons. The number of amides is 1. The highest BCUT2D eigenvalue weighted by Gasteiger charge is 2.59. The molecule has 1 saturated heterocycles. The van der Waals surface area contributed by atoms with Crippen LogP contribution in [0.15, 0.2) is 0 Å². The first-order valence-electron chi connectivity index (χ1n) is 9.30. The van der Waals surface area contributed by atoms with Gasteiger partial charge in [-0.1, -0.05) is 19.3 Å². The molecule has 0 aromatic rings. The molecule has 4 rings (SSSR count). The molecule has 1 N–H and O–H groups in total. The summed E-state index contributed by atoms with van der Waals surface area (Å²) >= 11 is 0. The van der Waals surface area contributed by atoms with E-state index in [0.717, 1.165) is 25.6 Å². The van der Waals surface area contributed by atoms with E-state index < -0.39 is 0 Å². The summed E-state index contributed by atoms with van der Waals surface area (Å²) in [6.07, 6.45) is 12.9. The van der Waals surface area contributed by atoms with Crippen molar-refractivity contribution in [3.05, 3.63) is 0 Å². The van der Waals surface area contributed by atoms with Crippen molar-refractivity contribution < 1.29 is 4.79 Å². The SMILES string of the molecule is O=C(C1CC12CCNCC2)N(CC1CC1)C1CCCCC1. The number of hydrogen-bond acceptors (Lipinski definition) is 2. The molecule has 1 amide bonds. The summed E-state index contributed by atoms with van der Waals surface area (Å²) in [6.45, 7) is 3.32. The Kier molecular flexibility index (Phi) is 3.72. The van der Waals surface area contributed by atoms with Crippen LogP contribution in [0.1, 0.15) is 64.2 Å². The van der Waals surface area contributed by atoms with Gasteiger partial charge in [-0.3, -0.25) is 4.79 Å². The van der Waals surface area contributed by atoms with E-state index in [2.05, 4.69) is 10.2 Å². The second kappa shape index (κ2) is 5.57. The minimum Gasteiger partial charge on any atom is -0.339 e. The van der Waals surface area contributed by atoms with Gasteiger partial charge in [0.05, 0.1) is 0 Å². The zero-order valence-corrected chi connectivity index (χ0v) is 13.3. The van der Waals surface area contributed by atoms with Crippen LogP contribution in [-0.2, 0) is 4.79 Å². The average molecular weight is 290 g/mol. The first-order valence-corrected chi connectivity index (χ1v) is 9.30. The average Bonchev–Trinajstić information content (AvgIpc) is 3.44. The van der Waals surface area contributed by atoms with E-state index in [4.69, 9.17) is 0 Å². The van der Waals surface area contributed by atoms with Crippen LogP contribution in [0.2, 0.25) is 0 Å². The summed E-state index contributed by atoms with van der Waals surface area (Å²) in [6, 6.07) is 0.575. The summed E-state index contributed by atoms with van der Waals surface area (Å²) in [7, 11) is 0. The van der Waals surface area contributed by atoms with E-state index in [0.29, 0.717) is 23.3 Å². The van der Waals surface area contributed by atoms with Crippen molar-refractivity contribution in [2.45, 2.75) is 70.3 Å². The third-order valence-corrected chi connectivity index (χ3v) is 6.54. The Hall–Kier alpha value is -0.570. The third kappa shape index (κ3) is 2.86. The number of rotatable bonds is 4. The maximum absolute atomic E-state index is 13.1. The third-order valence-electron chi connectivity index (χ3n) is 6.54. The van der Waals surface area contributed by atoms with Gasteiger partial charge in [0, 0.05) is 18.5 Å². The lowest BCUT2D eigenvalue weighted by Gasteiger charge is -2.36. The topological polar surface area (TPSA) is 32.3 Å². The number of hydrogen-bond donors (Lipinski definition) is 1. The molecule has 0 bridgehead atoms. The fourth-order valence-electron chi connectivity index (χ4n) is 4.76. The van der Waals surface area contributed by atoms with Gasteiger partial charge in [0.25, 0.3) is 0 Å². The van der Waals surface area contributed by atoms with E-state index in [1.54, 1.807) is 0 Å². The lowest BCUT2D eigenvalue weighted by Crippen LogP contribution is -2.44. The standard InChI is InChI=1S/C18H30N2O/c21-17(16-12-18(16)8-10-19-11-9-18)20(13-14-6-7-14)15-4-2-1-3-5-15/h14-16,19H,1-13H2. The Morgan fingerprint density at radius 3 is 2.43 bits per heavy atom. The zero-order chi connectivity index (χ0) is 14.3.